The predicted octanol–water partition coefficient (Wildman–Crippen LogP) is 5.03. The molecule has 0 unspecified atom stereocenters. The minimum absolute atomic E-state index is 0.130. The van der Waals surface area contributed by atoms with E-state index in [2.05, 4.69) is 15.3 Å². The van der Waals surface area contributed by atoms with Crippen LogP contribution in [0.25, 0.3) is 10.7 Å². The van der Waals surface area contributed by atoms with Gasteiger partial charge >= 0.3 is 0 Å². The average molecular weight is 385 g/mol. The lowest BCUT2D eigenvalue weighted by molar-refractivity contribution is 0.0946. The van der Waals surface area contributed by atoms with Crippen molar-refractivity contribution in [3.63, 3.8) is 0 Å². The first kappa shape index (κ1) is 18.1. The van der Waals surface area contributed by atoms with Crippen LogP contribution in [0.5, 0.6) is 0 Å². The van der Waals surface area contributed by atoms with Crippen LogP contribution >= 0.6 is 11.3 Å². The van der Waals surface area contributed by atoms with E-state index in [4.69, 9.17) is 0 Å². The molecule has 0 saturated carbocycles. The van der Waals surface area contributed by atoms with Gasteiger partial charge in [0.1, 0.15) is 9.88 Å². The highest BCUT2D eigenvalue weighted by molar-refractivity contribution is 7.17. The summed E-state index contributed by atoms with van der Waals surface area (Å²) in [4.78, 5) is 22.6. The molecule has 2 aromatic heterocycles. The molecule has 0 saturated heterocycles. The van der Waals surface area contributed by atoms with Crippen LogP contribution in [0.1, 0.15) is 32.5 Å². The van der Waals surface area contributed by atoms with E-state index in [0.717, 1.165) is 21.8 Å². The molecule has 28 heavy (non-hydrogen) atoms. The number of amides is 1. The topological polar surface area (TPSA) is 54.9 Å². The van der Waals surface area contributed by atoms with Gasteiger partial charge in [0.05, 0.1) is 17.4 Å². The van der Waals surface area contributed by atoms with Crippen LogP contribution in [0, 0.1) is 6.92 Å². The summed E-state index contributed by atoms with van der Waals surface area (Å²) in [6.45, 7) is 1.86. The number of aryl methyl sites for hydroxylation is 1. The largest absolute Gasteiger partial charge is 0.340 e. The van der Waals surface area contributed by atoms with E-state index in [0.29, 0.717) is 10.6 Å². The summed E-state index contributed by atoms with van der Waals surface area (Å²) >= 11 is 1.37. The van der Waals surface area contributed by atoms with Crippen molar-refractivity contribution in [1.29, 1.82) is 0 Å². The predicted molar refractivity (Wildman–Crippen MR) is 112 cm³/mol. The van der Waals surface area contributed by atoms with Crippen LogP contribution in [0.3, 0.4) is 0 Å². The fourth-order valence-electron chi connectivity index (χ4n) is 3.05. The highest BCUT2D eigenvalue weighted by Gasteiger charge is 2.21. The van der Waals surface area contributed by atoms with Crippen molar-refractivity contribution in [2.45, 2.75) is 13.0 Å². The van der Waals surface area contributed by atoms with Crippen molar-refractivity contribution >= 4 is 17.2 Å². The van der Waals surface area contributed by atoms with E-state index in [1.165, 1.54) is 11.3 Å². The number of carbonyl (C=O) groups is 1. The fraction of sp³-hybridized carbons (Fsp3) is 0.0870. The van der Waals surface area contributed by atoms with Gasteiger partial charge in [-0.05, 0) is 30.2 Å². The molecule has 0 fully saturated rings. The average Bonchev–Trinajstić information content (AvgIpc) is 3.15. The minimum atomic E-state index is -0.227. The van der Waals surface area contributed by atoms with Crippen LogP contribution in [0.4, 0.5) is 0 Å². The van der Waals surface area contributed by atoms with E-state index < -0.39 is 0 Å². The van der Waals surface area contributed by atoms with Gasteiger partial charge in [-0.15, -0.1) is 11.3 Å². The third kappa shape index (κ3) is 3.85. The molecule has 4 nitrogen and oxygen atoms in total. The van der Waals surface area contributed by atoms with Gasteiger partial charge in [-0.3, -0.25) is 9.78 Å². The summed E-state index contributed by atoms with van der Waals surface area (Å²) in [5.41, 5.74) is 3.56. The molecule has 4 aromatic rings. The Morgan fingerprint density at radius 3 is 2.07 bits per heavy atom. The molecule has 1 amide bonds. The van der Waals surface area contributed by atoms with Gasteiger partial charge in [-0.25, -0.2) is 4.98 Å². The second kappa shape index (κ2) is 8.15. The van der Waals surface area contributed by atoms with Crippen molar-refractivity contribution in [3.05, 3.63) is 107 Å². The molecule has 0 atom stereocenters. The number of nitrogens with one attached hydrogen (secondary N) is 1. The summed E-state index contributed by atoms with van der Waals surface area (Å²) < 4.78 is 0. The Kier molecular flexibility index (Phi) is 5.26. The molecular formula is C23H19N3OS. The quantitative estimate of drug-likeness (QED) is 0.524. The second-order valence-corrected chi connectivity index (χ2v) is 7.38. The molecule has 0 spiro atoms. The zero-order chi connectivity index (χ0) is 19.3. The Bertz CT molecular complexity index is 1020. The van der Waals surface area contributed by atoms with Crippen LogP contribution < -0.4 is 5.32 Å². The smallest absolute Gasteiger partial charge is 0.264 e. The number of hydrogen-bond donors (Lipinski definition) is 1. The number of nitrogens with zero attached hydrogens (tertiary/aromatic N) is 2. The van der Waals surface area contributed by atoms with E-state index in [1.54, 1.807) is 6.20 Å². The third-order valence-electron chi connectivity index (χ3n) is 4.43. The van der Waals surface area contributed by atoms with Gasteiger partial charge in [0.2, 0.25) is 0 Å². The lowest BCUT2D eigenvalue weighted by Crippen LogP contribution is -2.29. The standard InChI is InChI=1S/C23H19N3OS/c1-16-21(28-23(25-16)19-14-8-9-15-24-19)22(27)26-20(17-10-4-2-5-11-17)18-12-6-3-7-13-18/h2-15,20H,1H3,(H,26,27). The molecule has 0 aliphatic carbocycles. The van der Waals surface area contributed by atoms with Gasteiger partial charge in [0.25, 0.3) is 5.91 Å². The molecule has 0 radical (unpaired) electrons. The maximum Gasteiger partial charge on any atom is 0.264 e. The Morgan fingerprint density at radius 2 is 1.50 bits per heavy atom. The molecule has 2 aromatic carbocycles. The van der Waals surface area contributed by atoms with E-state index in [-0.39, 0.29) is 11.9 Å². The Balaban J connectivity index is 1.65. The zero-order valence-corrected chi connectivity index (χ0v) is 16.2. The van der Waals surface area contributed by atoms with Crippen molar-refractivity contribution in [3.8, 4) is 10.7 Å². The zero-order valence-electron chi connectivity index (χ0n) is 15.4. The summed E-state index contributed by atoms with van der Waals surface area (Å²) in [7, 11) is 0. The number of pyridine rings is 1. The number of benzene rings is 2. The molecule has 2 heterocycles. The van der Waals surface area contributed by atoms with E-state index >= 15 is 0 Å². The highest BCUT2D eigenvalue weighted by Crippen LogP contribution is 2.28. The number of rotatable bonds is 5. The normalized spacial score (nSPS) is 10.8. The molecule has 5 heteroatoms. The SMILES string of the molecule is Cc1nc(-c2ccccn2)sc1C(=O)NC(c1ccccc1)c1ccccc1. The number of carbonyl (C=O) groups excluding carboxylic acids is 1. The second-order valence-electron chi connectivity index (χ2n) is 6.38. The lowest BCUT2D eigenvalue weighted by Gasteiger charge is -2.19. The monoisotopic (exact) mass is 385 g/mol. The van der Waals surface area contributed by atoms with Crippen molar-refractivity contribution in [1.82, 2.24) is 15.3 Å². The summed E-state index contributed by atoms with van der Waals surface area (Å²) in [5, 5.41) is 3.93. The first-order valence-corrected chi connectivity index (χ1v) is 9.83. The van der Waals surface area contributed by atoms with Crippen molar-refractivity contribution in [2.24, 2.45) is 0 Å². The molecule has 0 aliphatic heterocycles. The fourth-order valence-corrected chi connectivity index (χ4v) is 4.00. The molecule has 4 rings (SSSR count). The van der Waals surface area contributed by atoms with Crippen LogP contribution in [0.15, 0.2) is 85.1 Å². The number of hydrogen-bond acceptors (Lipinski definition) is 4. The van der Waals surface area contributed by atoms with Gasteiger partial charge in [-0.1, -0.05) is 66.7 Å². The summed E-state index contributed by atoms with van der Waals surface area (Å²) in [6.07, 6.45) is 1.73. The first-order valence-electron chi connectivity index (χ1n) is 9.02. The Hall–Kier alpha value is -3.31. The number of aromatic nitrogens is 2. The number of thiazole rings is 1. The van der Waals surface area contributed by atoms with Crippen LogP contribution in [-0.2, 0) is 0 Å². The molecule has 1 N–H and O–H groups in total. The summed E-state index contributed by atoms with van der Waals surface area (Å²) in [5.74, 6) is -0.130. The van der Waals surface area contributed by atoms with Gasteiger partial charge in [-0.2, -0.15) is 0 Å². The molecular weight excluding hydrogens is 366 g/mol. The maximum absolute atomic E-state index is 13.1. The Morgan fingerprint density at radius 1 is 0.893 bits per heavy atom. The van der Waals surface area contributed by atoms with E-state index in [1.807, 2.05) is 85.8 Å². The van der Waals surface area contributed by atoms with Gasteiger partial charge in [0, 0.05) is 6.20 Å². The summed E-state index contributed by atoms with van der Waals surface area (Å²) in [6, 6.07) is 25.4. The maximum atomic E-state index is 13.1. The van der Waals surface area contributed by atoms with Crippen molar-refractivity contribution < 1.29 is 4.79 Å². The molecule has 0 bridgehead atoms. The lowest BCUT2D eigenvalue weighted by atomic mass is 9.98. The Labute approximate surface area is 167 Å². The third-order valence-corrected chi connectivity index (χ3v) is 5.61. The molecule has 138 valence electrons. The molecule has 0 aliphatic rings. The minimum Gasteiger partial charge on any atom is -0.340 e. The highest BCUT2D eigenvalue weighted by atomic mass is 32.1. The van der Waals surface area contributed by atoms with Gasteiger partial charge in [0.15, 0.2) is 0 Å². The van der Waals surface area contributed by atoms with E-state index in [9.17, 15) is 4.79 Å². The van der Waals surface area contributed by atoms with Crippen LogP contribution in [0.2, 0.25) is 0 Å². The van der Waals surface area contributed by atoms with Crippen molar-refractivity contribution in [2.75, 3.05) is 0 Å². The van der Waals surface area contributed by atoms with Gasteiger partial charge < -0.3 is 5.32 Å². The first-order chi connectivity index (χ1) is 13.7. The van der Waals surface area contributed by atoms with Crippen LogP contribution in [-0.4, -0.2) is 15.9 Å².